The highest BCUT2D eigenvalue weighted by Gasteiger charge is 2.59. The van der Waals surface area contributed by atoms with E-state index in [4.69, 9.17) is 0 Å². The molecule has 3 heteroatoms. The average molecular weight is 246 g/mol. The average Bonchev–Trinajstić information content (AvgIpc) is 3.10. The standard InChI is InChI=1S/C15H18O3/c1-8-11-10(6-14(3,7-16)13(11)18)12(17)9(2)15(8)4-5-15/h6,9,16H,4-5,7H2,1-3H3/t9?,14-/m0/s1. The molecule has 0 aliphatic heterocycles. The van der Waals surface area contributed by atoms with Crippen molar-refractivity contribution in [3.05, 3.63) is 22.8 Å². The van der Waals surface area contributed by atoms with Crippen molar-refractivity contribution in [2.45, 2.75) is 33.6 Å². The molecule has 2 atom stereocenters. The predicted octanol–water partition coefficient (Wildman–Crippen LogP) is 1.81. The van der Waals surface area contributed by atoms with Gasteiger partial charge >= 0.3 is 0 Å². The van der Waals surface area contributed by atoms with Crippen molar-refractivity contribution in [3.63, 3.8) is 0 Å². The fourth-order valence-corrected chi connectivity index (χ4v) is 3.55. The molecule has 1 unspecified atom stereocenters. The maximum atomic E-state index is 12.4. The van der Waals surface area contributed by atoms with Gasteiger partial charge in [-0.1, -0.05) is 18.6 Å². The van der Waals surface area contributed by atoms with Crippen LogP contribution >= 0.6 is 0 Å². The molecule has 1 spiro atoms. The second kappa shape index (κ2) is 3.21. The molecule has 0 aromatic rings. The van der Waals surface area contributed by atoms with Gasteiger partial charge in [0.25, 0.3) is 0 Å². The summed E-state index contributed by atoms with van der Waals surface area (Å²) in [5, 5.41) is 9.43. The Balaban J connectivity index is 2.23. The number of carbonyl (C=O) groups is 2. The van der Waals surface area contributed by atoms with E-state index in [1.165, 1.54) is 0 Å². The molecule has 3 aliphatic rings. The Morgan fingerprint density at radius 1 is 1.39 bits per heavy atom. The summed E-state index contributed by atoms with van der Waals surface area (Å²) in [4.78, 5) is 24.9. The lowest BCUT2D eigenvalue weighted by molar-refractivity contribution is -0.124. The molecule has 3 aliphatic carbocycles. The molecular formula is C15H18O3. The van der Waals surface area contributed by atoms with Crippen LogP contribution in [0.4, 0.5) is 0 Å². The van der Waals surface area contributed by atoms with E-state index in [2.05, 4.69) is 0 Å². The summed E-state index contributed by atoms with van der Waals surface area (Å²) < 4.78 is 0. The first-order valence-electron chi connectivity index (χ1n) is 6.52. The quantitative estimate of drug-likeness (QED) is 0.767. The minimum atomic E-state index is -0.901. The minimum absolute atomic E-state index is 0.0265. The van der Waals surface area contributed by atoms with Crippen molar-refractivity contribution in [2.24, 2.45) is 16.7 Å². The largest absolute Gasteiger partial charge is 0.395 e. The van der Waals surface area contributed by atoms with Crippen molar-refractivity contribution in [1.82, 2.24) is 0 Å². The molecule has 1 saturated carbocycles. The molecule has 96 valence electrons. The number of aliphatic hydroxyl groups is 1. The predicted molar refractivity (Wildman–Crippen MR) is 66.8 cm³/mol. The number of carbonyl (C=O) groups excluding carboxylic acids is 2. The lowest BCUT2D eigenvalue weighted by Gasteiger charge is -2.31. The molecule has 0 saturated heterocycles. The Kier molecular flexibility index (Phi) is 2.11. The number of aliphatic hydroxyl groups excluding tert-OH is 1. The summed E-state index contributed by atoms with van der Waals surface area (Å²) >= 11 is 0. The SMILES string of the molecule is CC1=C2C(=O)[C@](C)(CO)C=C2C(=O)C(C)C12CC2. The van der Waals surface area contributed by atoms with Crippen LogP contribution in [0.15, 0.2) is 22.8 Å². The van der Waals surface area contributed by atoms with Crippen molar-refractivity contribution < 1.29 is 14.7 Å². The zero-order valence-corrected chi connectivity index (χ0v) is 11.0. The maximum absolute atomic E-state index is 12.4. The van der Waals surface area contributed by atoms with E-state index in [-0.39, 0.29) is 29.5 Å². The fraction of sp³-hybridized carbons (Fsp3) is 0.600. The van der Waals surface area contributed by atoms with Gasteiger partial charge in [0.2, 0.25) is 0 Å². The van der Waals surface area contributed by atoms with Gasteiger partial charge in [-0.15, -0.1) is 0 Å². The number of fused-ring (bicyclic) bond motifs is 1. The van der Waals surface area contributed by atoms with Gasteiger partial charge in [-0.05, 0) is 26.7 Å². The van der Waals surface area contributed by atoms with E-state index in [9.17, 15) is 14.7 Å². The molecule has 0 heterocycles. The van der Waals surface area contributed by atoms with E-state index in [0.717, 1.165) is 18.4 Å². The van der Waals surface area contributed by atoms with E-state index >= 15 is 0 Å². The Labute approximate surface area is 107 Å². The van der Waals surface area contributed by atoms with Crippen LogP contribution in [0.3, 0.4) is 0 Å². The highest BCUT2D eigenvalue weighted by Crippen LogP contribution is 2.63. The molecular weight excluding hydrogens is 228 g/mol. The first-order valence-corrected chi connectivity index (χ1v) is 6.52. The second-order valence-corrected chi connectivity index (χ2v) is 6.20. The summed E-state index contributed by atoms with van der Waals surface area (Å²) in [5.74, 6) is -0.0241. The summed E-state index contributed by atoms with van der Waals surface area (Å²) in [7, 11) is 0. The smallest absolute Gasteiger partial charge is 0.175 e. The molecule has 0 aromatic carbocycles. The Morgan fingerprint density at radius 3 is 2.50 bits per heavy atom. The van der Waals surface area contributed by atoms with E-state index in [1.807, 2.05) is 13.8 Å². The molecule has 3 rings (SSSR count). The number of hydrogen-bond acceptors (Lipinski definition) is 3. The number of Topliss-reactive ketones (excluding diaryl/α,β-unsaturated/α-hetero) is 2. The van der Waals surface area contributed by atoms with E-state index < -0.39 is 5.41 Å². The topological polar surface area (TPSA) is 54.4 Å². The number of rotatable bonds is 1. The monoisotopic (exact) mass is 246 g/mol. The van der Waals surface area contributed by atoms with Gasteiger partial charge in [0.15, 0.2) is 11.6 Å². The summed E-state index contributed by atoms with van der Waals surface area (Å²) in [6.45, 7) is 5.43. The number of ketones is 2. The van der Waals surface area contributed by atoms with Crippen molar-refractivity contribution in [2.75, 3.05) is 6.61 Å². The van der Waals surface area contributed by atoms with Crippen LogP contribution in [0.2, 0.25) is 0 Å². The molecule has 3 nitrogen and oxygen atoms in total. The van der Waals surface area contributed by atoms with Gasteiger partial charge in [-0.2, -0.15) is 0 Å². The van der Waals surface area contributed by atoms with Gasteiger partial charge in [-0.3, -0.25) is 9.59 Å². The van der Waals surface area contributed by atoms with Crippen LogP contribution in [0.1, 0.15) is 33.6 Å². The third kappa shape index (κ3) is 1.13. The fourth-order valence-electron chi connectivity index (χ4n) is 3.55. The Hall–Kier alpha value is -1.22. The normalized spacial score (nSPS) is 37.1. The zero-order valence-electron chi connectivity index (χ0n) is 11.0. The molecule has 1 N–H and O–H groups in total. The third-order valence-corrected chi connectivity index (χ3v) is 5.20. The Bertz CT molecular complexity index is 534. The molecule has 0 radical (unpaired) electrons. The second-order valence-electron chi connectivity index (χ2n) is 6.20. The third-order valence-electron chi connectivity index (χ3n) is 5.20. The molecule has 0 aromatic heterocycles. The van der Waals surface area contributed by atoms with Crippen LogP contribution in [-0.4, -0.2) is 23.3 Å². The lowest BCUT2D eigenvalue weighted by Crippen LogP contribution is -2.33. The minimum Gasteiger partial charge on any atom is -0.395 e. The lowest BCUT2D eigenvalue weighted by atomic mass is 9.71. The van der Waals surface area contributed by atoms with Gasteiger partial charge in [0.1, 0.15) is 0 Å². The molecule has 1 fully saturated rings. The van der Waals surface area contributed by atoms with Crippen LogP contribution < -0.4 is 0 Å². The van der Waals surface area contributed by atoms with Gasteiger partial charge in [-0.25, -0.2) is 0 Å². The van der Waals surface area contributed by atoms with E-state index in [1.54, 1.807) is 13.0 Å². The first kappa shape index (κ1) is 11.8. The maximum Gasteiger partial charge on any atom is 0.175 e. The summed E-state index contributed by atoms with van der Waals surface area (Å²) in [6.07, 6.45) is 3.69. The van der Waals surface area contributed by atoms with Crippen LogP contribution in [0.5, 0.6) is 0 Å². The van der Waals surface area contributed by atoms with Gasteiger partial charge in [0.05, 0.1) is 12.0 Å². The number of hydrogen-bond donors (Lipinski definition) is 1. The highest BCUT2D eigenvalue weighted by atomic mass is 16.3. The molecule has 0 bridgehead atoms. The summed E-state index contributed by atoms with van der Waals surface area (Å²) in [5.41, 5.74) is 1.27. The van der Waals surface area contributed by atoms with Crippen LogP contribution in [0, 0.1) is 16.7 Å². The molecule has 0 amide bonds. The van der Waals surface area contributed by atoms with Crippen molar-refractivity contribution in [1.29, 1.82) is 0 Å². The van der Waals surface area contributed by atoms with Gasteiger partial charge < -0.3 is 5.11 Å². The summed E-state index contributed by atoms with van der Waals surface area (Å²) in [6, 6.07) is 0. The number of allylic oxidation sites excluding steroid dienone is 3. The Morgan fingerprint density at radius 2 is 2.00 bits per heavy atom. The zero-order chi connectivity index (χ0) is 13.3. The first-order chi connectivity index (χ1) is 8.37. The van der Waals surface area contributed by atoms with Crippen LogP contribution in [-0.2, 0) is 9.59 Å². The van der Waals surface area contributed by atoms with Crippen molar-refractivity contribution in [3.8, 4) is 0 Å². The van der Waals surface area contributed by atoms with Gasteiger partial charge in [0, 0.05) is 22.5 Å². The van der Waals surface area contributed by atoms with E-state index in [0.29, 0.717) is 11.1 Å². The van der Waals surface area contributed by atoms with Crippen molar-refractivity contribution >= 4 is 11.6 Å². The highest BCUT2D eigenvalue weighted by molar-refractivity contribution is 6.21. The molecule has 18 heavy (non-hydrogen) atoms. The van der Waals surface area contributed by atoms with Crippen LogP contribution in [0.25, 0.3) is 0 Å².